The van der Waals surface area contributed by atoms with E-state index in [0.29, 0.717) is 0 Å². The maximum Gasteiger partial charge on any atom is 0.147 e. The Bertz CT molecular complexity index is 434. The highest BCUT2D eigenvalue weighted by atomic mass is 16.3. The summed E-state index contributed by atoms with van der Waals surface area (Å²) < 4.78 is 0. The highest BCUT2D eigenvalue weighted by molar-refractivity contribution is 5.57. The lowest BCUT2D eigenvalue weighted by Crippen LogP contribution is -2.56. The second-order valence-corrected chi connectivity index (χ2v) is 5.51. The van der Waals surface area contributed by atoms with Crippen molar-refractivity contribution in [2.24, 2.45) is 11.0 Å². The number of nitrogens with zero attached hydrogens (tertiary/aromatic N) is 1. The minimum absolute atomic E-state index is 0.238. The van der Waals surface area contributed by atoms with Gasteiger partial charge in [-0.15, -0.1) is 0 Å². The first-order valence-electron chi connectivity index (χ1n) is 7.13. The number of hydrogen-bond acceptors (Lipinski definition) is 4. The average Bonchev–Trinajstić information content (AvgIpc) is 3.03. The summed E-state index contributed by atoms with van der Waals surface area (Å²) in [5.74, 6) is 0.273. The van der Waals surface area contributed by atoms with Crippen LogP contribution in [0.2, 0.25) is 0 Å². The predicted octanol–water partition coefficient (Wildman–Crippen LogP) is 1.92. The Morgan fingerprint density at radius 2 is 1.84 bits per heavy atom. The molecular formula is C15H21N3O. The second-order valence-electron chi connectivity index (χ2n) is 5.51. The van der Waals surface area contributed by atoms with Gasteiger partial charge in [-0.05, 0) is 24.3 Å². The van der Waals surface area contributed by atoms with Crippen LogP contribution in [0.5, 0.6) is 0 Å². The molecule has 1 fully saturated rings. The van der Waals surface area contributed by atoms with Gasteiger partial charge in [0.15, 0.2) is 0 Å². The number of rotatable bonds is 3. The van der Waals surface area contributed by atoms with Crippen LogP contribution in [-0.2, 0) is 5.60 Å². The zero-order valence-electron chi connectivity index (χ0n) is 11.0. The zero-order chi connectivity index (χ0) is 13.1. The molecule has 19 heavy (non-hydrogen) atoms. The third kappa shape index (κ3) is 2.21. The molecule has 0 spiro atoms. The maximum absolute atomic E-state index is 11.4. The fraction of sp³-hybridized carbons (Fsp3) is 0.533. The first-order valence-corrected chi connectivity index (χ1v) is 7.13. The van der Waals surface area contributed by atoms with Crippen LogP contribution in [0.15, 0.2) is 35.4 Å². The molecule has 0 saturated heterocycles. The summed E-state index contributed by atoms with van der Waals surface area (Å²) in [6, 6.07) is 9.97. The molecule has 1 aromatic carbocycles. The van der Waals surface area contributed by atoms with E-state index in [1.54, 1.807) is 6.34 Å². The van der Waals surface area contributed by atoms with E-state index < -0.39 is 5.60 Å². The number of hydrogen-bond donors (Lipinski definition) is 3. The van der Waals surface area contributed by atoms with Crippen LogP contribution in [0.4, 0.5) is 0 Å². The number of benzene rings is 1. The van der Waals surface area contributed by atoms with E-state index in [0.717, 1.165) is 18.4 Å². The van der Waals surface area contributed by atoms with Crippen LogP contribution in [0.1, 0.15) is 37.7 Å². The third-order valence-corrected chi connectivity index (χ3v) is 4.41. The molecule has 4 nitrogen and oxygen atoms in total. The SMILES string of the molecule is OC(c1ccccc1)(C1CCCCC1)C1NC=NN1. The molecule has 1 heterocycles. The van der Waals surface area contributed by atoms with Crippen molar-refractivity contribution in [2.45, 2.75) is 43.9 Å². The van der Waals surface area contributed by atoms with Crippen molar-refractivity contribution in [1.82, 2.24) is 10.7 Å². The quantitative estimate of drug-likeness (QED) is 0.777. The van der Waals surface area contributed by atoms with Crippen molar-refractivity contribution >= 4 is 6.34 Å². The van der Waals surface area contributed by atoms with Gasteiger partial charge in [-0.25, -0.2) is 0 Å². The van der Waals surface area contributed by atoms with Gasteiger partial charge in [0.25, 0.3) is 0 Å². The minimum Gasteiger partial charge on any atom is -0.381 e. The Morgan fingerprint density at radius 3 is 2.47 bits per heavy atom. The molecule has 1 aromatic rings. The summed E-state index contributed by atoms with van der Waals surface area (Å²) in [5, 5.41) is 18.5. The van der Waals surface area contributed by atoms with Gasteiger partial charge in [0, 0.05) is 0 Å². The number of nitrogens with one attached hydrogen (secondary N) is 2. The Balaban J connectivity index is 1.94. The second kappa shape index (κ2) is 5.21. The standard InChI is InChI=1S/C15H21N3O/c19-15(14-16-11-17-18-14,12-7-3-1-4-8-12)13-9-5-2-6-10-13/h1,3-4,7-8,11,13-14,18-19H,2,5-6,9-10H2,(H,16,17). The Kier molecular flexibility index (Phi) is 3.42. The van der Waals surface area contributed by atoms with E-state index in [2.05, 4.69) is 15.8 Å². The monoisotopic (exact) mass is 259 g/mol. The lowest BCUT2D eigenvalue weighted by Gasteiger charge is -2.42. The van der Waals surface area contributed by atoms with Gasteiger partial charge in [0.05, 0.1) is 0 Å². The van der Waals surface area contributed by atoms with Crippen molar-refractivity contribution in [3.8, 4) is 0 Å². The van der Waals surface area contributed by atoms with Crippen molar-refractivity contribution in [3.63, 3.8) is 0 Å². The molecule has 0 radical (unpaired) electrons. The Hall–Kier alpha value is -1.55. The molecule has 2 atom stereocenters. The summed E-state index contributed by atoms with van der Waals surface area (Å²) in [5.41, 5.74) is 3.07. The van der Waals surface area contributed by atoms with E-state index in [9.17, 15) is 5.11 Å². The van der Waals surface area contributed by atoms with Crippen molar-refractivity contribution in [3.05, 3.63) is 35.9 Å². The highest BCUT2D eigenvalue weighted by Crippen LogP contribution is 2.41. The molecular weight excluding hydrogens is 238 g/mol. The lowest BCUT2D eigenvalue weighted by molar-refractivity contribution is -0.0712. The van der Waals surface area contributed by atoms with Gasteiger partial charge in [-0.3, -0.25) is 5.43 Å². The van der Waals surface area contributed by atoms with Gasteiger partial charge in [-0.2, -0.15) is 5.10 Å². The van der Waals surface area contributed by atoms with Crippen molar-refractivity contribution < 1.29 is 5.11 Å². The normalized spacial score (nSPS) is 26.5. The molecule has 0 bridgehead atoms. The maximum atomic E-state index is 11.4. The van der Waals surface area contributed by atoms with Crippen LogP contribution in [0.3, 0.4) is 0 Å². The molecule has 1 aliphatic heterocycles. The van der Waals surface area contributed by atoms with Gasteiger partial charge in [-0.1, -0.05) is 49.6 Å². The van der Waals surface area contributed by atoms with E-state index in [4.69, 9.17) is 0 Å². The highest BCUT2D eigenvalue weighted by Gasteiger charge is 2.46. The topological polar surface area (TPSA) is 56.6 Å². The molecule has 4 heteroatoms. The smallest absolute Gasteiger partial charge is 0.147 e. The number of aliphatic hydroxyl groups is 1. The summed E-state index contributed by atoms with van der Waals surface area (Å²) in [4.78, 5) is 0. The molecule has 0 amide bonds. The molecule has 1 aliphatic carbocycles. The zero-order valence-corrected chi connectivity index (χ0v) is 11.0. The van der Waals surface area contributed by atoms with Crippen LogP contribution in [-0.4, -0.2) is 17.6 Å². The van der Waals surface area contributed by atoms with E-state index in [1.807, 2.05) is 30.3 Å². The van der Waals surface area contributed by atoms with Gasteiger partial charge < -0.3 is 10.4 Å². The number of hydrazone groups is 1. The Labute approximate surface area is 113 Å². The van der Waals surface area contributed by atoms with E-state index in [1.165, 1.54) is 19.3 Å². The summed E-state index contributed by atoms with van der Waals surface area (Å²) in [6.07, 6.45) is 7.22. The van der Waals surface area contributed by atoms with Gasteiger partial charge >= 0.3 is 0 Å². The summed E-state index contributed by atoms with van der Waals surface area (Å²) in [6.45, 7) is 0. The van der Waals surface area contributed by atoms with E-state index >= 15 is 0 Å². The first kappa shape index (κ1) is 12.5. The third-order valence-electron chi connectivity index (χ3n) is 4.41. The molecule has 102 valence electrons. The molecule has 3 rings (SSSR count). The summed E-state index contributed by atoms with van der Waals surface area (Å²) >= 11 is 0. The molecule has 2 unspecified atom stereocenters. The first-order chi connectivity index (χ1) is 9.32. The molecule has 1 saturated carbocycles. The minimum atomic E-state index is -0.905. The average molecular weight is 259 g/mol. The van der Waals surface area contributed by atoms with Crippen LogP contribution in [0.25, 0.3) is 0 Å². The fourth-order valence-electron chi connectivity index (χ4n) is 3.37. The molecule has 3 N–H and O–H groups in total. The summed E-state index contributed by atoms with van der Waals surface area (Å²) in [7, 11) is 0. The van der Waals surface area contributed by atoms with Crippen LogP contribution < -0.4 is 10.7 Å². The van der Waals surface area contributed by atoms with E-state index in [-0.39, 0.29) is 12.1 Å². The predicted molar refractivity (Wildman–Crippen MR) is 75.5 cm³/mol. The largest absolute Gasteiger partial charge is 0.381 e. The Morgan fingerprint density at radius 1 is 1.11 bits per heavy atom. The van der Waals surface area contributed by atoms with Crippen LogP contribution in [0, 0.1) is 5.92 Å². The van der Waals surface area contributed by atoms with Crippen molar-refractivity contribution in [2.75, 3.05) is 0 Å². The lowest BCUT2D eigenvalue weighted by atomic mass is 9.71. The van der Waals surface area contributed by atoms with Gasteiger partial charge in [0.1, 0.15) is 18.1 Å². The van der Waals surface area contributed by atoms with Gasteiger partial charge in [0.2, 0.25) is 0 Å². The fourth-order valence-corrected chi connectivity index (χ4v) is 3.37. The van der Waals surface area contributed by atoms with Crippen LogP contribution >= 0.6 is 0 Å². The molecule has 0 aromatic heterocycles. The van der Waals surface area contributed by atoms with Crippen molar-refractivity contribution in [1.29, 1.82) is 0 Å². The molecule has 2 aliphatic rings.